The van der Waals surface area contributed by atoms with Gasteiger partial charge in [0.05, 0.1) is 0 Å². The summed E-state index contributed by atoms with van der Waals surface area (Å²) in [5.74, 6) is -0.888. The highest BCUT2D eigenvalue weighted by Gasteiger charge is 2.36. The van der Waals surface area contributed by atoms with Gasteiger partial charge < -0.3 is 5.11 Å². The summed E-state index contributed by atoms with van der Waals surface area (Å²) in [6, 6.07) is 15.7. The number of aromatic nitrogens is 2. The van der Waals surface area contributed by atoms with Crippen molar-refractivity contribution in [3.63, 3.8) is 0 Å². The van der Waals surface area contributed by atoms with Crippen LogP contribution >= 0.6 is 0 Å². The lowest BCUT2D eigenvalue weighted by molar-refractivity contribution is -0.147. The van der Waals surface area contributed by atoms with Crippen molar-refractivity contribution >= 4 is 5.97 Å². The van der Waals surface area contributed by atoms with Crippen molar-refractivity contribution in [2.75, 3.05) is 0 Å². The second kappa shape index (κ2) is 5.05. The van der Waals surface area contributed by atoms with Gasteiger partial charge in [0.15, 0.2) is 5.54 Å². The van der Waals surface area contributed by atoms with Crippen LogP contribution in [-0.4, -0.2) is 20.9 Å². The first-order chi connectivity index (χ1) is 10.1. The van der Waals surface area contributed by atoms with Gasteiger partial charge in [-0.25, -0.2) is 4.79 Å². The molecule has 1 unspecified atom stereocenters. The van der Waals surface area contributed by atoms with Crippen molar-refractivity contribution in [2.45, 2.75) is 18.9 Å². The van der Waals surface area contributed by atoms with E-state index in [0.717, 1.165) is 16.7 Å². The fraction of sp³-hybridized carbons (Fsp3) is 0.176. The lowest BCUT2D eigenvalue weighted by Crippen LogP contribution is -2.41. The average molecular weight is 280 g/mol. The van der Waals surface area contributed by atoms with Crippen LogP contribution in [-0.2, 0) is 16.8 Å². The van der Waals surface area contributed by atoms with Gasteiger partial charge in [0.2, 0.25) is 0 Å². The van der Waals surface area contributed by atoms with Crippen LogP contribution in [0.5, 0.6) is 0 Å². The molecule has 21 heavy (non-hydrogen) atoms. The van der Waals surface area contributed by atoms with Crippen molar-refractivity contribution in [2.24, 2.45) is 0 Å². The van der Waals surface area contributed by atoms with Crippen LogP contribution in [0.25, 0.3) is 11.1 Å². The number of carboxylic acids is 1. The number of aliphatic carboxylic acids is 1. The molecule has 106 valence electrons. The Bertz CT molecular complexity index is 736. The van der Waals surface area contributed by atoms with E-state index in [1.54, 1.807) is 25.4 Å². The highest BCUT2D eigenvalue weighted by molar-refractivity contribution is 5.78. The maximum absolute atomic E-state index is 11.8. The molecule has 1 N–H and O–H groups in total. The Hall–Kier alpha value is -2.62. The maximum atomic E-state index is 11.8. The molecule has 2 aliphatic carbocycles. The predicted molar refractivity (Wildman–Crippen MR) is 80.3 cm³/mol. The summed E-state index contributed by atoms with van der Waals surface area (Å²) >= 11 is 0. The highest BCUT2D eigenvalue weighted by atomic mass is 16.4. The Morgan fingerprint density at radius 1 is 1.19 bits per heavy atom. The van der Waals surface area contributed by atoms with Gasteiger partial charge in [-0.2, -0.15) is 5.10 Å². The van der Waals surface area contributed by atoms with Crippen LogP contribution in [0, 0.1) is 0 Å². The van der Waals surface area contributed by atoms with Crippen LogP contribution in [0.1, 0.15) is 12.5 Å². The summed E-state index contributed by atoms with van der Waals surface area (Å²) in [6.45, 7) is 1.70. The summed E-state index contributed by atoms with van der Waals surface area (Å²) in [5.41, 5.74) is 2.11. The normalized spacial score (nSPS) is 14.0. The monoisotopic (exact) mass is 280 g/mol. The third-order valence-electron chi connectivity index (χ3n) is 3.89. The van der Waals surface area contributed by atoms with E-state index in [1.807, 2.05) is 42.5 Å². The highest BCUT2D eigenvalue weighted by Crippen LogP contribution is 2.31. The Morgan fingerprint density at radius 2 is 2.00 bits per heavy atom. The third-order valence-corrected chi connectivity index (χ3v) is 3.89. The zero-order valence-electron chi connectivity index (χ0n) is 11.7. The fourth-order valence-corrected chi connectivity index (χ4v) is 2.62. The Morgan fingerprint density at radius 3 is 2.71 bits per heavy atom. The van der Waals surface area contributed by atoms with E-state index in [9.17, 15) is 9.90 Å². The van der Waals surface area contributed by atoms with Gasteiger partial charge in [0, 0.05) is 18.8 Å². The van der Waals surface area contributed by atoms with Gasteiger partial charge in [-0.1, -0.05) is 42.5 Å². The third kappa shape index (κ3) is 2.29. The van der Waals surface area contributed by atoms with Crippen molar-refractivity contribution in [3.8, 4) is 11.1 Å². The fourth-order valence-electron chi connectivity index (χ4n) is 2.62. The first-order valence-corrected chi connectivity index (χ1v) is 6.81. The van der Waals surface area contributed by atoms with E-state index >= 15 is 0 Å². The van der Waals surface area contributed by atoms with Crippen molar-refractivity contribution < 1.29 is 9.90 Å². The lowest BCUT2D eigenvalue weighted by Gasteiger charge is -2.25. The summed E-state index contributed by atoms with van der Waals surface area (Å²) < 4.78 is 1.51. The predicted octanol–water partition coefficient (Wildman–Crippen LogP) is 3.03. The molecule has 0 aliphatic heterocycles. The molecular formula is C17H16N2O2. The second-order valence-electron chi connectivity index (χ2n) is 5.34. The van der Waals surface area contributed by atoms with Crippen molar-refractivity contribution in [3.05, 3.63) is 66.5 Å². The van der Waals surface area contributed by atoms with E-state index in [-0.39, 0.29) is 0 Å². The number of rotatable bonds is 4. The van der Waals surface area contributed by atoms with Crippen LogP contribution in [0.15, 0.2) is 60.9 Å². The van der Waals surface area contributed by atoms with E-state index in [1.165, 1.54) is 4.68 Å². The molecule has 1 aromatic heterocycles. The lowest BCUT2D eigenvalue weighted by atomic mass is 9.92. The molecule has 0 aromatic carbocycles. The van der Waals surface area contributed by atoms with Crippen LogP contribution in [0.4, 0.5) is 0 Å². The van der Waals surface area contributed by atoms with Gasteiger partial charge in [-0.3, -0.25) is 4.68 Å². The van der Waals surface area contributed by atoms with Crippen LogP contribution in [0.3, 0.4) is 0 Å². The zero-order chi connectivity index (χ0) is 14.9. The molecular weight excluding hydrogens is 264 g/mol. The summed E-state index contributed by atoms with van der Waals surface area (Å²) in [7, 11) is 0. The van der Waals surface area contributed by atoms with E-state index in [0.29, 0.717) is 6.42 Å². The molecule has 1 aromatic rings. The molecule has 3 rings (SSSR count). The topological polar surface area (TPSA) is 55.1 Å². The summed E-state index contributed by atoms with van der Waals surface area (Å²) in [6.07, 6.45) is 3.68. The SMILES string of the molecule is CC(Cc1ccc2cccccc1-2)(C(=O)O)n1cccn1. The van der Waals surface area contributed by atoms with E-state index in [4.69, 9.17) is 0 Å². The molecule has 0 spiro atoms. The molecule has 0 radical (unpaired) electrons. The van der Waals surface area contributed by atoms with Crippen molar-refractivity contribution in [1.82, 2.24) is 9.78 Å². The molecule has 1 atom stereocenters. The summed E-state index contributed by atoms with van der Waals surface area (Å²) in [4.78, 5) is 11.8. The quantitative estimate of drug-likeness (QED) is 0.799. The molecule has 4 heteroatoms. The van der Waals surface area contributed by atoms with Crippen molar-refractivity contribution in [1.29, 1.82) is 0 Å². The molecule has 0 amide bonds. The van der Waals surface area contributed by atoms with Gasteiger partial charge in [-0.15, -0.1) is 0 Å². The Labute approximate surface area is 123 Å². The smallest absolute Gasteiger partial charge is 0.331 e. The maximum Gasteiger partial charge on any atom is 0.331 e. The number of nitrogens with zero attached hydrogens (tertiary/aromatic N) is 2. The largest absolute Gasteiger partial charge is 0.479 e. The van der Waals surface area contributed by atoms with E-state index < -0.39 is 11.5 Å². The number of hydrogen-bond donors (Lipinski definition) is 1. The molecule has 0 fully saturated rings. The number of carboxylic acid groups (broad SMARTS) is 1. The number of hydrogen-bond acceptors (Lipinski definition) is 2. The van der Waals surface area contributed by atoms with Gasteiger partial charge >= 0.3 is 5.97 Å². The molecule has 0 saturated heterocycles. The van der Waals surface area contributed by atoms with Crippen LogP contribution < -0.4 is 0 Å². The summed E-state index contributed by atoms with van der Waals surface area (Å²) in [5, 5.41) is 13.8. The number of fused-ring (bicyclic) bond motifs is 1. The zero-order valence-corrected chi connectivity index (χ0v) is 11.7. The average Bonchev–Trinajstić information content (AvgIpc) is 3.05. The minimum atomic E-state index is -1.10. The van der Waals surface area contributed by atoms with E-state index in [2.05, 4.69) is 5.10 Å². The Kier molecular flexibility index (Phi) is 3.22. The Balaban J connectivity index is 2.03. The van der Waals surface area contributed by atoms with Gasteiger partial charge in [0.1, 0.15) is 0 Å². The first-order valence-electron chi connectivity index (χ1n) is 6.81. The van der Waals surface area contributed by atoms with Crippen LogP contribution in [0.2, 0.25) is 0 Å². The first kappa shape index (κ1) is 13.4. The standard InChI is InChI=1S/C17H16N2O2/c1-17(16(20)21,19-11-5-10-18-19)12-14-9-8-13-6-3-2-4-7-15(13)14/h2-11H,12H2,1H3,(H,20,21). The minimum absolute atomic E-state index is 0.386. The molecule has 0 bridgehead atoms. The van der Waals surface area contributed by atoms with Gasteiger partial charge in [0.25, 0.3) is 0 Å². The molecule has 0 saturated carbocycles. The number of carbonyl (C=O) groups is 1. The second-order valence-corrected chi connectivity index (χ2v) is 5.34. The molecule has 4 nitrogen and oxygen atoms in total. The van der Waals surface area contributed by atoms with Gasteiger partial charge in [-0.05, 0) is 29.7 Å². The molecule has 1 heterocycles. The molecule has 2 aliphatic rings. The minimum Gasteiger partial charge on any atom is -0.479 e.